The summed E-state index contributed by atoms with van der Waals surface area (Å²) in [5.74, 6) is 0. The summed E-state index contributed by atoms with van der Waals surface area (Å²) in [6.45, 7) is 4.28. The zero-order valence-electron chi connectivity index (χ0n) is 11.9. The van der Waals surface area contributed by atoms with Gasteiger partial charge in [0.1, 0.15) is 0 Å². The van der Waals surface area contributed by atoms with Crippen LogP contribution in [0.1, 0.15) is 25.5 Å². The number of aromatic nitrogens is 2. The second-order valence-corrected chi connectivity index (χ2v) is 6.15. The predicted molar refractivity (Wildman–Crippen MR) is 81.4 cm³/mol. The van der Waals surface area contributed by atoms with E-state index in [1.165, 1.54) is 6.20 Å². The van der Waals surface area contributed by atoms with Gasteiger partial charge < -0.3 is 5.32 Å². The lowest BCUT2D eigenvalue weighted by atomic mass is 10.2. The van der Waals surface area contributed by atoms with E-state index in [9.17, 15) is 8.42 Å². The fourth-order valence-electron chi connectivity index (χ4n) is 1.92. The quantitative estimate of drug-likeness (QED) is 0.852. The molecular weight excluding hydrogens is 288 g/mol. The lowest BCUT2D eigenvalue weighted by Crippen LogP contribution is -2.28. The molecule has 0 aliphatic heterocycles. The highest BCUT2D eigenvalue weighted by Gasteiger charge is 2.22. The average Bonchev–Trinajstić information content (AvgIpc) is 2.48. The van der Waals surface area contributed by atoms with Crippen LogP contribution in [-0.4, -0.2) is 24.9 Å². The number of hydrogen-bond donors (Lipinski definition) is 2. The monoisotopic (exact) mass is 306 g/mol. The van der Waals surface area contributed by atoms with Crippen molar-refractivity contribution < 1.29 is 8.42 Å². The van der Waals surface area contributed by atoms with E-state index in [2.05, 4.69) is 20.0 Å². The number of pyridine rings is 2. The molecule has 0 fully saturated rings. The molecule has 1 atom stereocenters. The summed E-state index contributed by atoms with van der Waals surface area (Å²) < 4.78 is 27.6. The lowest BCUT2D eigenvalue weighted by molar-refractivity contribution is 0.563. The fraction of sp³-hybridized carbons (Fsp3) is 0.286. The Balaban J connectivity index is 2.27. The summed E-state index contributed by atoms with van der Waals surface area (Å²) in [5, 5.41) is 3.00. The first-order chi connectivity index (χ1) is 10.0. The molecule has 6 nitrogen and oxygen atoms in total. The van der Waals surface area contributed by atoms with Crippen LogP contribution < -0.4 is 10.0 Å². The van der Waals surface area contributed by atoms with Gasteiger partial charge in [-0.2, -0.15) is 0 Å². The molecule has 0 spiro atoms. The Labute approximate surface area is 124 Å². The number of nitrogens with one attached hydrogen (secondary N) is 2. The molecule has 0 aliphatic carbocycles. The van der Waals surface area contributed by atoms with Crippen LogP contribution in [0.2, 0.25) is 0 Å². The molecule has 2 rings (SSSR count). The van der Waals surface area contributed by atoms with Gasteiger partial charge in [-0.15, -0.1) is 0 Å². The van der Waals surface area contributed by atoms with Crippen molar-refractivity contribution >= 4 is 15.7 Å². The molecule has 0 radical (unpaired) electrons. The first-order valence-electron chi connectivity index (χ1n) is 6.65. The van der Waals surface area contributed by atoms with Crippen LogP contribution in [0.15, 0.2) is 47.9 Å². The highest BCUT2D eigenvalue weighted by molar-refractivity contribution is 7.89. The fourth-order valence-corrected chi connectivity index (χ4v) is 3.26. The molecule has 1 unspecified atom stereocenters. The molecule has 112 valence electrons. The van der Waals surface area contributed by atoms with E-state index in [-0.39, 0.29) is 11.1 Å². The van der Waals surface area contributed by atoms with Crippen molar-refractivity contribution in [3.63, 3.8) is 0 Å². The Morgan fingerprint density at radius 3 is 2.67 bits per heavy atom. The van der Waals surface area contributed by atoms with Gasteiger partial charge in [0.05, 0.1) is 5.69 Å². The molecule has 2 heterocycles. The van der Waals surface area contributed by atoms with Crippen molar-refractivity contribution in [2.75, 3.05) is 11.9 Å². The van der Waals surface area contributed by atoms with E-state index in [1.807, 2.05) is 13.0 Å². The van der Waals surface area contributed by atoms with Crippen molar-refractivity contribution in [1.82, 2.24) is 14.7 Å². The van der Waals surface area contributed by atoms with E-state index in [1.54, 1.807) is 37.5 Å². The molecule has 2 aromatic heterocycles. The maximum atomic E-state index is 12.5. The summed E-state index contributed by atoms with van der Waals surface area (Å²) in [4.78, 5) is 7.98. The molecule has 21 heavy (non-hydrogen) atoms. The minimum Gasteiger partial charge on any atom is -0.383 e. The van der Waals surface area contributed by atoms with Crippen molar-refractivity contribution in [2.24, 2.45) is 0 Å². The number of sulfonamides is 1. The van der Waals surface area contributed by atoms with Gasteiger partial charge in [-0.3, -0.25) is 4.98 Å². The van der Waals surface area contributed by atoms with Gasteiger partial charge in [0.25, 0.3) is 10.0 Å². The lowest BCUT2D eigenvalue weighted by Gasteiger charge is -2.15. The van der Waals surface area contributed by atoms with Gasteiger partial charge in [0.15, 0.2) is 5.03 Å². The van der Waals surface area contributed by atoms with E-state index in [0.717, 1.165) is 5.56 Å². The van der Waals surface area contributed by atoms with Gasteiger partial charge in [0, 0.05) is 31.2 Å². The van der Waals surface area contributed by atoms with Gasteiger partial charge in [-0.1, -0.05) is 6.07 Å². The average molecular weight is 306 g/mol. The van der Waals surface area contributed by atoms with Gasteiger partial charge in [0.2, 0.25) is 0 Å². The Kier molecular flexibility index (Phi) is 4.87. The van der Waals surface area contributed by atoms with Crippen molar-refractivity contribution in [3.8, 4) is 0 Å². The van der Waals surface area contributed by atoms with Crippen LogP contribution in [0.5, 0.6) is 0 Å². The van der Waals surface area contributed by atoms with Crippen LogP contribution in [0.3, 0.4) is 0 Å². The standard InChI is InChI=1S/C14H18N4O2S/c1-3-16-13-7-5-9-17-14(13)21(19,20)18-11(2)12-6-4-8-15-10-12/h4-11,16,18H,3H2,1-2H3. The number of anilines is 1. The van der Waals surface area contributed by atoms with Crippen LogP contribution in [0.4, 0.5) is 5.69 Å². The summed E-state index contributed by atoms with van der Waals surface area (Å²) in [6.07, 6.45) is 4.74. The van der Waals surface area contributed by atoms with Crippen molar-refractivity contribution in [2.45, 2.75) is 24.9 Å². The number of hydrogen-bond acceptors (Lipinski definition) is 5. The zero-order chi connectivity index (χ0) is 15.3. The highest BCUT2D eigenvalue weighted by atomic mass is 32.2. The van der Waals surface area contributed by atoms with Gasteiger partial charge >= 0.3 is 0 Å². The molecule has 0 aliphatic rings. The van der Waals surface area contributed by atoms with Crippen LogP contribution in [0.25, 0.3) is 0 Å². The second kappa shape index (κ2) is 6.64. The maximum Gasteiger partial charge on any atom is 0.260 e. The molecule has 0 aromatic carbocycles. The number of rotatable bonds is 6. The smallest absolute Gasteiger partial charge is 0.260 e. The van der Waals surface area contributed by atoms with Crippen LogP contribution >= 0.6 is 0 Å². The normalized spacial score (nSPS) is 12.9. The first-order valence-corrected chi connectivity index (χ1v) is 8.14. The van der Waals surface area contributed by atoms with Crippen LogP contribution in [0, 0.1) is 0 Å². The van der Waals surface area contributed by atoms with Gasteiger partial charge in [-0.05, 0) is 37.6 Å². The van der Waals surface area contributed by atoms with E-state index < -0.39 is 10.0 Å². The minimum absolute atomic E-state index is 0.00240. The van der Waals surface area contributed by atoms with Gasteiger partial charge in [-0.25, -0.2) is 18.1 Å². The highest BCUT2D eigenvalue weighted by Crippen LogP contribution is 2.20. The molecule has 0 saturated carbocycles. The zero-order valence-corrected chi connectivity index (χ0v) is 12.8. The summed E-state index contributed by atoms with van der Waals surface area (Å²) >= 11 is 0. The summed E-state index contributed by atoms with van der Waals surface area (Å²) in [7, 11) is -3.71. The second-order valence-electron chi connectivity index (χ2n) is 4.52. The molecule has 0 amide bonds. The van der Waals surface area contributed by atoms with Crippen molar-refractivity contribution in [3.05, 3.63) is 48.4 Å². The molecular formula is C14H18N4O2S. The third-order valence-electron chi connectivity index (χ3n) is 2.91. The Bertz CT molecular complexity index is 689. The van der Waals surface area contributed by atoms with E-state index in [4.69, 9.17) is 0 Å². The number of nitrogens with zero attached hydrogens (tertiary/aromatic N) is 2. The molecule has 0 saturated heterocycles. The predicted octanol–water partition coefficient (Wildman–Crippen LogP) is 1.95. The molecule has 2 aromatic rings. The Hall–Kier alpha value is -1.99. The minimum atomic E-state index is -3.71. The molecule has 7 heteroatoms. The van der Waals surface area contributed by atoms with E-state index in [0.29, 0.717) is 12.2 Å². The van der Waals surface area contributed by atoms with Crippen LogP contribution in [-0.2, 0) is 10.0 Å². The summed E-state index contributed by atoms with van der Waals surface area (Å²) in [5.41, 5.74) is 1.29. The SMILES string of the molecule is CCNc1cccnc1S(=O)(=O)NC(C)c1cccnc1. The first kappa shape index (κ1) is 15.4. The maximum absolute atomic E-state index is 12.5. The van der Waals surface area contributed by atoms with E-state index >= 15 is 0 Å². The molecule has 2 N–H and O–H groups in total. The Morgan fingerprint density at radius 2 is 2.00 bits per heavy atom. The van der Waals surface area contributed by atoms with Crippen molar-refractivity contribution in [1.29, 1.82) is 0 Å². The summed E-state index contributed by atoms with van der Waals surface area (Å²) in [6, 6.07) is 6.59. The molecule has 0 bridgehead atoms. The third kappa shape index (κ3) is 3.77. The largest absolute Gasteiger partial charge is 0.383 e. The third-order valence-corrected chi connectivity index (χ3v) is 4.41. The Morgan fingerprint density at radius 1 is 1.24 bits per heavy atom. The topological polar surface area (TPSA) is 84.0 Å².